The number of carbonyl (C=O) groups is 1. The average Bonchev–Trinajstić information content (AvgIpc) is 2.87. The maximum atomic E-state index is 11.3. The molecule has 1 saturated heterocycles. The van der Waals surface area contributed by atoms with Crippen LogP contribution in [-0.2, 0) is 10.2 Å². The van der Waals surface area contributed by atoms with Crippen molar-refractivity contribution >= 4 is 5.91 Å². The zero-order valence-electron chi connectivity index (χ0n) is 9.19. The summed E-state index contributed by atoms with van der Waals surface area (Å²) in [6.07, 6.45) is 0. The number of amides is 1. The van der Waals surface area contributed by atoms with E-state index < -0.39 is 5.41 Å². The van der Waals surface area contributed by atoms with Gasteiger partial charge in [0, 0.05) is 13.1 Å². The lowest BCUT2D eigenvalue weighted by Gasteiger charge is -2.21. The van der Waals surface area contributed by atoms with Gasteiger partial charge in [-0.2, -0.15) is 4.98 Å². The fraction of sp³-hybridized carbons (Fsp3) is 0.667. The van der Waals surface area contributed by atoms with Gasteiger partial charge < -0.3 is 20.3 Å². The summed E-state index contributed by atoms with van der Waals surface area (Å²) >= 11 is 0. The molecule has 2 rings (SSSR count). The third kappa shape index (κ3) is 1.57. The maximum Gasteiger partial charge on any atom is 0.292 e. The molecule has 16 heavy (non-hydrogen) atoms. The second kappa shape index (κ2) is 3.84. The molecule has 2 atom stereocenters. The number of carbonyl (C=O) groups excluding carboxylic acids is 1. The van der Waals surface area contributed by atoms with Crippen molar-refractivity contribution in [2.75, 3.05) is 20.3 Å². The number of ether oxygens (including phenoxy) is 1. The van der Waals surface area contributed by atoms with Gasteiger partial charge in [0.1, 0.15) is 0 Å². The van der Waals surface area contributed by atoms with E-state index in [1.54, 1.807) is 0 Å². The van der Waals surface area contributed by atoms with E-state index in [2.05, 4.69) is 15.5 Å². The Morgan fingerprint density at radius 3 is 3.00 bits per heavy atom. The summed E-state index contributed by atoms with van der Waals surface area (Å²) in [5.74, 6) is -0.0278. The van der Waals surface area contributed by atoms with E-state index in [0.29, 0.717) is 19.1 Å². The molecular weight excluding hydrogens is 212 g/mol. The Bertz CT molecular complexity index is 405. The van der Waals surface area contributed by atoms with Gasteiger partial charge in [-0.1, -0.05) is 5.16 Å². The van der Waals surface area contributed by atoms with Gasteiger partial charge in [-0.25, -0.2) is 0 Å². The first-order chi connectivity index (χ1) is 7.58. The molecule has 0 radical (unpaired) electrons. The first kappa shape index (κ1) is 11.0. The van der Waals surface area contributed by atoms with Gasteiger partial charge in [0.25, 0.3) is 11.7 Å². The first-order valence-corrected chi connectivity index (χ1v) is 4.97. The van der Waals surface area contributed by atoms with Crippen molar-refractivity contribution in [2.45, 2.75) is 18.4 Å². The molecule has 3 N–H and O–H groups in total. The highest BCUT2D eigenvalue weighted by molar-refractivity contribution is 5.89. The third-order valence-corrected chi connectivity index (χ3v) is 2.86. The fourth-order valence-corrected chi connectivity index (χ4v) is 1.57. The highest BCUT2D eigenvalue weighted by Crippen LogP contribution is 2.30. The molecule has 0 spiro atoms. The largest absolute Gasteiger partial charge is 0.379 e. The van der Waals surface area contributed by atoms with Crippen LogP contribution in [0.25, 0.3) is 0 Å². The van der Waals surface area contributed by atoms with Crippen LogP contribution in [0, 0.1) is 0 Å². The van der Waals surface area contributed by atoms with Crippen molar-refractivity contribution in [3.8, 4) is 0 Å². The molecule has 1 aromatic rings. The van der Waals surface area contributed by atoms with Crippen molar-refractivity contribution in [2.24, 2.45) is 5.73 Å². The zero-order chi connectivity index (χ0) is 11.8. The molecule has 88 valence electrons. The molecule has 1 aromatic heterocycles. The summed E-state index contributed by atoms with van der Waals surface area (Å²) in [6, 6.07) is -0.203. The molecule has 2 unspecified atom stereocenters. The predicted molar refractivity (Wildman–Crippen MR) is 53.8 cm³/mol. The van der Waals surface area contributed by atoms with E-state index in [1.807, 2.05) is 6.92 Å². The SMILES string of the molecule is CNC(=O)c1noc(C2(C)COCC2N)n1. The Morgan fingerprint density at radius 1 is 1.69 bits per heavy atom. The van der Waals surface area contributed by atoms with Crippen LogP contribution >= 0.6 is 0 Å². The molecule has 2 heterocycles. The predicted octanol–water partition coefficient (Wildman–Crippen LogP) is -0.956. The molecule has 1 fully saturated rings. The first-order valence-electron chi connectivity index (χ1n) is 4.97. The maximum absolute atomic E-state index is 11.3. The number of aromatic nitrogens is 2. The minimum absolute atomic E-state index is 0.0119. The van der Waals surface area contributed by atoms with E-state index >= 15 is 0 Å². The number of nitrogens with zero attached hydrogens (tertiary/aromatic N) is 2. The Labute approximate surface area is 92.3 Å². The van der Waals surface area contributed by atoms with Crippen LogP contribution in [0.3, 0.4) is 0 Å². The summed E-state index contributed by atoms with van der Waals surface area (Å²) in [4.78, 5) is 15.3. The number of hydrogen-bond acceptors (Lipinski definition) is 6. The highest BCUT2D eigenvalue weighted by Gasteiger charge is 2.44. The van der Waals surface area contributed by atoms with E-state index in [9.17, 15) is 4.79 Å². The van der Waals surface area contributed by atoms with Crippen LogP contribution in [0.5, 0.6) is 0 Å². The van der Waals surface area contributed by atoms with Crippen molar-refractivity contribution in [3.63, 3.8) is 0 Å². The van der Waals surface area contributed by atoms with E-state index in [0.717, 1.165) is 0 Å². The lowest BCUT2D eigenvalue weighted by molar-refractivity contribution is 0.0950. The monoisotopic (exact) mass is 226 g/mol. The topological polar surface area (TPSA) is 103 Å². The quantitative estimate of drug-likeness (QED) is 0.673. The molecule has 0 aromatic carbocycles. The molecule has 0 saturated carbocycles. The molecule has 0 bridgehead atoms. The Balaban J connectivity index is 2.28. The van der Waals surface area contributed by atoms with Gasteiger partial charge in [0.05, 0.1) is 18.6 Å². The van der Waals surface area contributed by atoms with Crippen LogP contribution in [-0.4, -0.2) is 42.4 Å². The van der Waals surface area contributed by atoms with Crippen molar-refractivity contribution in [3.05, 3.63) is 11.7 Å². The summed E-state index contributed by atoms with van der Waals surface area (Å²) in [5.41, 5.74) is 5.40. The van der Waals surface area contributed by atoms with Gasteiger partial charge in [-0.05, 0) is 6.92 Å². The summed E-state index contributed by atoms with van der Waals surface area (Å²) in [6.45, 7) is 2.75. The summed E-state index contributed by atoms with van der Waals surface area (Å²) in [5, 5.41) is 6.02. The smallest absolute Gasteiger partial charge is 0.292 e. The molecule has 7 nitrogen and oxygen atoms in total. The number of hydrogen-bond donors (Lipinski definition) is 2. The second-order valence-electron chi connectivity index (χ2n) is 4.04. The molecule has 1 aliphatic heterocycles. The second-order valence-corrected chi connectivity index (χ2v) is 4.04. The third-order valence-electron chi connectivity index (χ3n) is 2.86. The van der Waals surface area contributed by atoms with Gasteiger partial charge in [-0.15, -0.1) is 0 Å². The molecule has 7 heteroatoms. The van der Waals surface area contributed by atoms with Crippen molar-refractivity contribution < 1.29 is 14.1 Å². The van der Waals surface area contributed by atoms with Crippen LogP contribution in [0.1, 0.15) is 23.4 Å². The fourth-order valence-electron chi connectivity index (χ4n) is 1.57. The van der Waals surface area contributed by atoms with Gasteiger partial charge >= 0.3 is 0 Å². The van der Waals surface area contributed by atoms with Crippen LogP contribution in [0.2, 0.25) is 0 Å². The average molecular weight is 226 g/mol. The van der Waals surface area contributed by atoms with E-state index in [1.165, 1.54) is 7.05 Å². The van der Waals surface area contributed by atoms with Crippen molar-refractivity contribution in [1.29, 1.82) is 0 Å². The van der Waals surface area contributed by atoms with Crippen molar-refractivity contribution in [1.82, 2.24) is 15.5 Å². The Hall–Kier alpha value is -1.47. The van der Waals surface area contributed by atoms with Crippen LogP contribution < -0.4 is 11.1 Å². The van der Waals surface area contributed by atoms with Gasteiger partial charge in [0.15, 0.2) is 0 Å². The summed E-state index contributed by atoms with van der Waals surface area (Å²) < 4.78 is 10.3. The number of nitrogens with two attached hydrogens (primary N) is 1. The number of rotatable bonds is 2. The zero-order valence-corrected chi connectivity index (χ0v) is 9.19. The lowest BCUT2D eigenvalue weighted by Crippen LogP contribution is -2.42. The number of nitrogens with one attached hydrogen (secondary N) is 1. The Morgan fingerprint density at radius 2 is 2.44 bits per heavy atom. The van der Waals surface area contributed by atoms with Crippen LogP contribution in [0.4, 0.5) is 0 Å². The highest BCUT2D eigenvalue weighted by atomic mass is 16.5. The molecule has 1 aliphatic rings. The molecule has 0 aliphatic carbocycles. The lowest BCUT2D eigenvalue weighted by atomic mass is 9.86. The van der Waals surface area contributed by atoms with Gasteiger partial charge in [-0.3, -0.25) is 4.79 Å². The minimum Gasteiger partial charge on any atom is -0.379 e. The molecule has 1 amide bonds. The van der Waals surface area contributed by atoms with E-state index in [-0.39, 0.29) is 17.8 Å². The van der Waals surface area contributed by atoms with E-state index in [4.69, 9.17) is 15.0 Å². The van der Waals surface area contributed by atoms with Crippen LogP contribution in [0.15, 0.2) is 4.52 Å². The normalized spacial score (nSPS) is 29.3. The minimum atomic E-state index is -0.515. The van der Waals surface area contributed by atoms with Gasteiger partial charge in [0.2, 0.25) is 5.89 Å². The molecular formula is C9H14N4O3. The Kier molecular flexibility index (Phi) is 2.64. The summed E-state index contributed by atoms with van der Waals surface area (Å²) in [7, 11) is 1.50. The standard InChI is InChI=1S/C9H14N4O3/c1-9(4-15-3-5(9)10)8-12-6(13-16-8)7(14)11-2/h5H,3-4,10H2,1-2H3,(H,11,14).